The van der Waals surface area contributed by atoms with E-state index in [-0.39, 0.29) is 12.6 Å². The SMILES string of the molecule is O=C1CN(CO)CCN1C1CCCCC1. The van der Waals surface area contributed by atoms with Crippen LogP contribution in [0.15, 0.2) is 0 Å². The maximum absolute atomic E-state index is 11.8. The van der Waals surface area contributed by atoms with Gasteiger partial charge in [0.25, 0.3) is 0 Å². The summed E-state index contributed by atoms with van der Waals surface area (Å²) in [4.78, 5) is 15.7. The summed E-state index contributed by atoms with van der Waals surface area (Å²) in [6.45, 7) is 2.01. The zero-order chi connectivity index (χ0) is 10.7. The highest BCUT2D eigenvalue weighted by molar-refractivity contribution is 5.79. The summed E-state index contributed by atoms with van der Waals surface area (Å²) in [5, 5.41) is 8.96. The van der Waals surface area contributed by atoms with Gasteiger partial charge in [0.2, 0.25) is 5.91 Å². The van der Waals surface area contributed by atoms with Crippen LogP contribution in [0.25, 0.3) is 0 Å². The Balaban J connectivity index is 1.90. The van der Waals surface area contributed by atoms with Crippen molar-refractivity contribution in [1.29, 1.82) is 0 Å². The maximum atomic E-state index is 11.8. The summed E-state index contributed by atoms with van der Waals surface area (Å²) in [6.07, 6.45) is 6.19. The Hall–Kier alpha value is -0.610. The molecule has 2 aliphatic rings. The minimum atomic E-state index is 0.00421. The molecule has 0 bridgehead atoms. The third kappa shape index (κ3) is 2.49. The molecule has 0 aromatic carbocycles. The van der Waals surface area contributed by atoms with Gasteiger partial charge in [-0.2, -0.15) is 0 Å². The molecule has 2 fully saturated rings. The first-order chi connectivity index (χ1) is 7.31. The van der Waals surface area contributed by atoms with Gasteiger partial charge in [0, 0.05) is 19.1 Å². The molecule has 4 nitrogen and oxygen atoms in total. The van der Waals surface area contributed by atoms with Crippen molar-refractivity contribution in [2.75, 3.05) is 26.4 Å². The summed E-state index contributed by atoms with van der Waals surface area (Å²) in [7, 11) is 0. The van der Waals surface area contributed by atoms with E-state index >= 15 is 0 Å². The van der Waals surface area contributed by atoms with Crippen LogP contribution < -0.4 is 0 Å². The quantitative estimate of drug-likeness (QED) is 0.721. The van der Waals surface area contributed by atoms with Crippen molar-refractivity contribution in [2.24, 2.45) is 0 Å². The van der Waals surface area contributed by atoms with Gasteiger partial charge in [-0.1, -0.05) is 19.3 Å². The van der Waals surface area contributed by atoms with E-state index in [0.717, 1.165) is 13.1 Å². The van der Waals surface area contributed by atoms with Crippen LogP contribution in [0.1, 0.15) is 32.1 Å². The maximum Gasteiger partial charge on any atom is 0.237 e. The minimum Gasteiger partial charge on any atom is -0.381 e. The number of hydrogen-bond acceptors (Lipinski definition) is 3. The Morgan fingerprint density at radius 2 is 1.93 bits per heavy atom. The van der Waals surface area contributed by atoms with Gasteiger partial charge in [0.15, 0.2) is 0 Å². The van der Waals surface area contributed by atoms with Crippen molar-refractivity contribution < 1.29 is 9.90 Å². The summed E-state index contributed by atoms with van der Waals surface area (Å²) in [5.41, 5.74) is 0. The fraction of sp³-hybridized carbons (Fsp3) is 0.909. The summed E-state index contributed by atoms with van der Waals surface area (Å²) >= 11 is 0. The van der Waals surface area contributed by atoms with Gasteiger partial charge in [-0.3, -0.25) is 9.69 Å². The Morgan fingerprint density at radius 1 is 1.20 bits per heavy atom. The summed E-state index contributed by atoms with van der Waals surface area (Å²) in [6, 6.07) is 0.479. The number of piperazine rings is 1. The molecule has 2 rings (SSSR count). The van der Waals surface area contributed by atoms with E-state index in [9.17, 15) is 4.79 Å². The topological polar surface area (TPSA) is 43.8 Å². The number of carbonyl (C=O) groups excluding carboxylic acids is 1. The molecular formula is C11H20N2O2. The number of aliphatic hydroxyl groups is 1. The molecule has 1 N–H and O–H groups in total. The molecule has 0 spiro atoms. The standard InChI is InChI=1S/C11H20N2O2/c14-9-12-6-7-13(11(15)8-12)10-4-2-1-3-5-10/h10,14H,1-9H2. The van der Waals surface area contributed by atoms with Gasteiger partial charge in [-0.15, -0.1) is 0 Å². The third-order valence-electron chi connectivity index (χ3n) is 3.55. The molecule has 0 radical (unpaired) electrons. The second-order valence-corrected chi connectivity index (χ2v) is 4.57. The Kier molecular flexibility index (Phi) is 3.59. The smallest absolute Gasteiger partial charge is 0.237 e. The zero-order valence-corrected chi connectivity index (χ0v) is 9.19. The average Bonchev–Trinajstić information content (AvgIpc) is 2.30. The van der Waals surface area contributed by atoms with Crippen molar-refractivity contribution in [3.63, 3.8) is 0 Å². The minimum absolute atomic E-state index is 0.00421. The number of carbonyl (C=O) groups is 1. The lowest BCUT2D eigenvalue weighted by Crippen LogP contribution is -2.54. The van der Waals surface area contributed by atoms with Crippen LogP contribution in [-0.2, 0) is 4.79 Å². The Bertz CT molecular complexity index is 227. The van der Waals surface area contributed by atoms with Gasteiger partial charge >= 0.3 is 0 Å². The van der Waals surface area contributed by atoms with Crippen molar-refractivity contribution >= 4 is 5.91 Å². The largest absolute Gasteiger partial charge is 0.381 e. The predicted molar refractivity (Wildman–Crippen MR) is 57.2 cm³/mol. The molecule has 1 aliphatic carbocycles. The van der Waals surface area contributed by atoms with Gasteiger partial charge in [0.05, 0.1) is 13.3 Å². The van der Waals surface area contributed by atoms with Crippen LogP contribution in [0.5, 0.6) is 0 Å². The van der Waals surface area contributed by atoms with Crippen molar-refractivity contribution in [3.05, 3.63) is 0 Å². The second-order valence-electron chi connectivity index (χ2n) is 4.57. The molecule has 1 saturated carbocycles. The van der Waals surface area contributed by atoms with Gasteiger partial charge in [-0.25, -0.2) is 0 Å². The molecule has 15 heavy (non-hydrogen) atoms. The molecule has 0 aromatic rings. The predicted octanol–water partition coefficient (Wildman–Crippen LogP) is 0.413. The highest BCUT2D eigenvalue weighted by Crippen LogP contribution is 2.23. The van der Waals surface area contributed by atoms with Crippen LogP contribution in [0, 0.1) is 0 Å². The number of amides is 1. The van der Waals surface area contributed by atoms with Crippen LogP contribution in [-0.4, -0.2) is 53.2 Å². The normalized spacial score (nSPS) is 25.9. The summed E-state index contributed by atoms with van der Waals surface area (Å²) < 4.78 is 0. The number of nitrogens with zero attached hydrogens (tertiary/aromatic N) is 2. The molecule has 86 valence electrons. The van der Waals surface area contributed by atoms with E-state index in [2.05, 4.69) is 0 Å². The van der Waals surface area contributed by atoms with E-state index in [1.807, 2.05) is 4.90 Å². The van der Waals surface area contributed by atoms with E-state index in [1.54, 1.807) is 4.90 Å². The lowest BCUT2D eigenvalue weighted by molar-refractivity contribution is -0.141. The van der Waals surface area contributed by atoms with Crippen molar-refractivity contribution in [1.82, 2.24) is 9.80 Å². The molecule has 1 heterocycles. The molecule has 1 saturated heterocycles. The first kappa shape index (κ1) is 10.9. The lowest BCUT2D eigenvalue weighted by Gasteiger charge is -2.40. The first-order valence-electron chi connectivity index (χ1n) is 5.94. The van der Waals surface area contributed by atoms with E-state index in [4.69, 9.17) is 5.11 Å². The Labute approximate surface area is 90.9 Å². The zero-order valence-electron chi connectivity index (χ0n) is 9.19. The highest BCUT2D eigenvalue weighted by Gasteiger charge is 2.29. The second kappa shape index (κ2) is 4.94. The molecule has 0 atom stereocenters. The monoisotopic (exact) mass is 212 g/mol. The molecular weight excluding hydrogens is 192 g/mol. The fourth-order valence-electron chi connectivity index (χ4n) is 2.63. The number of aliphatic hydroxyl groups excluding tert-OH is 1. The van der Waals surface area contributed by atoms with E-state index in [0.29, 0.717) is 12.6 Å². The number of rotatable bonds is 2. The average molecular weight is 212 g/mol. The van der Waals surface area contributed by atoms with Crippen LogP contribution in [0.3, 0.4) is 0 Å². The van der Waals surface area contributed by atoms with Crippen LogP contribution in [0.4, 0.5) is 0 Å². The van der Waals surface area contributed by atoms with Gasteiger partial charge < -0.3 is 10.0 Å². The highest BCUT2D eigenvalue weighted by atomic mass is 16.3. The Morgan fingerprint density at radius 3 is 2.53 bits per heavy atom. The molecule has 1 amide bonds. The van der Waals surface area contributed by atoms with Gasteiger partial charge in [-0.05, 0) is 12.8 Å². The van der Waals surface area contributed by atoms with Crippen molar-refractivity contribution in [3.8, 4) is 0 Å². The van der Waals surface area contributed by atoms with Crippen molar-refractivity contribution in [2.45, 2.75) is 38.1 Å². The molecule has 0 aromatic heterocycles. The summed E-state index contributed by atoms with van der Waals surface area (Å²) in [5.74, 6) is 0.196. The lowest BCUT2D eigenvalue weighted by atomic mass is 9.93. The molecule has 4 heteroatoms. The van der Waals surface area contributed by atoms with E-state index < -0.39 is 0 Å². The molecule has 1 aliphatic heterocycles. The number of hydrogen-bond donors (Lipinski definition) is 1. The van der Waals surface area contributed by atoms with Gasteiger partial charge in [0.1, 0.15) is 0 Å². The van der Waals surface area contributed by atoms with E-state index in [1.165, 1.54) is 32.1 Å². The third-order valence-corrected chi connectivity index (χ3v) is 3.55. The van der Waals surface area contributed by atoms with Crippen LogP contribution in [0.2, 0.25) is 0 Å². The fourth-order valence-corrected chi connectivity index (χ4v) is 2.63. The first-order valence-corrected chi connectivity index (χ1v) is 5.94. The molecule has 0 unspecified atom stereocenters. The van der Waals surface area contributed by atoms with Crippen LogP contribution >= 0.6 is 0 Å².